The van der Waals surface area contributed by atoms with Gasteiger partial charge in [-0.15, -0.1) is 0 Å². The molecule has 0 aliphatic rings. The second-order valence-electron chi connectivity index (χ2n) is 5.29. The highest BCUT2D eigenvalue weighted by molar-refractivity contribution is 5.76. The summed E-state index contributed by atoms with van der Waals surface area (Å²) in [5.74, 6) is 1.45. The van der Waals surface area contributed by atoms with Gasteiger partial charge < -0.3 is 9.15 Å². The third-order valence-corrected chi connectivity index (χ3v) is 3.64. The predicted octanol–water partition coefficient (Wildman–Crippen LogP) is 5.07. The van der Waals surface area contributed by atoms with E-state index in [0.29, 0.717) is 12.5 Å². The summed E-state index contributed by atoms with van der Waals surface area (Å²) in [5, 5.41) is 0. The Morgan fingerprint density at radius 2 is 1.52 bits per heavy atom. The van der Waals surface area contributed by atoms with Gasteiger partial charge >= 0.3 is 0 Å². The monoisotopic (exact) mass is 301 g/mol. The van der Waals surface area contributed by atoms with Crippen molar-refractivity contribution in [2.75, 3.05) is 0 Å². The molecule has 0 amide bonds. The largest absolute Gasteiger partial charge is 0.489 e. The Kier molecular flexibility index (Phi) is 3.53. The van der Waals surface area contributed by atoms with Crippen molar-refractivity contribution in [1.29, 1.82) is 0 Å². The number of oxazole rings is 1. The van der Waals surface area contributed by atoms with Crippen molar-refractivity contribution < 1.29 is 9.15 Å². The van der Waals surface area contributed by atoms with E-state index in [0.717, 1.165) is 28.0 Å². The molecule has 0 atom stereocenters. The maximum atomic E-state index is 5.79. The van der Waals surface area contributed by atoms with Gasteiger partial charge in [-0.25, -0.2) is 4.98 Å². The minimum Gasteiger partial charge on any atom is -0.489 e. The van der Waals surface area contributed by atoms with Crippen molar-refractivity contribution in [3.63, 3.8) is 0 Å². The SMILES string of the molecule is c1ccc(COc2ccc(-c3nc4ccccc4o3)cc2)cc1. The van der Waals surface area contributed by atoms with Crippen LogP contribution in [0.3, 0.4) is 0 Å². The number of rotatable bonds is 4. The number of hydrogen-bond acceptors (Lipinski definition) is 3. The minimum absolute atomic E-state index is 0.559. The van der Waals surface area contributed by atoms with Crippen LogP contribution in [0, 0.1) is 0 Å². The lowest BCUT2D eigenvalue weighted by molar-refractivity contribution is 0.306. The summed E-state index contributed by atoms with van der Waals surface area (Å²) in [6.07, 6.45) is 0. The Balaban J connectivity index is 1.51. The first-order chi connectivity index (χ1) is 11.4. The summed E-state index contributed by atoms with van der Waals surface area (Å²) in [5.41, 5.74) is 3.75. The Morgan fingerprint density at radius 3 is 2.30 bits per heavy atom. The van der Waals surface area contributed by atoms with Gasteiger partial charge in [0.15, 0.2) is 5.58 Å². The van der Waals surface area contributed by atoms with E-state index >= 15 is 0 Å². The smallest absolute Gasteiger partial charge is 0.227 e. The zero-order chi connectivity index (χ0) is 15.5. The zero-order valence-electron chi connectivity index (χ0n) is 12.5. The van der Waals surface area contributed by atoms with Crippen LogP contribution in [-0.4, -0.2) is 4.98 Å². The van der Waals surface area contributed by atoms with Gasteiger partial charge in [0.2, 0.25) is 5.89 Å². The van der Waals surface area contributed by atoms with Crippen LogP contribution < -0.4 is 4.74 Å². The second kappa shape index (κ2) is 5.97. The van der Waals surface area contributed by atoms with Crippen LogP contribution in [0.15, 0.2) is 83.3 Å². The summed E-state index contributed by atoms with van der Waals surface area (Å²) in [7, 11) is 0. The van der Waals surface area contributed by atoms with Crippen LogP contribution in [-0.2, 0) is 6.61 Å². The highest BCUT2D eigenvalue weighted by Gasteiger charge is 2.07. The molecule has 3 heteroatoms. The summed E-state index contributed by atoms with van der Waals surface area (Å²) < 4.78 is 11.6. The lowest BCUT2D eigenvalue weighted by atomic mass is 10.2. The van der Waals surface area contributed by atoms with Crippen molar-refractivity contribution in [1.82, 2.24) is 4.98 Å². The van der Waals surface area contributed by atoms with E-state index in [1.807, 2.05) is 78.9 Å². The van der Waals surface area contributed by atoms with Crippen molar-refractivity contribution >= 4 is 11.1 Å². The molecule has 0 unspecified atom stereocenters. The molecular weight excluding hydrogens is 286 g/mol. The van der Waals surface area contributed by atoms with Gasteiger partial charge in [0.05, 0.1) is 0 Å². The van der Waals surface area contributed by atoms with E-state index in [4.69, 9.17) is 9.15 Å². The van der Waals surface area contributed by atoms with Gasteiger partial charge in [0.25, 0.3) is 0 Å². The molecule has 112 valence electrons. The van der Waals surface area contributed by atoms with Gasteiger partial charge in [-0.3, -0.25) is 0 Å². The molecule has 4 rings (SSSR count). The molecule has 23 heavy (non-hydrogen) atoms. The molecule has 3 aromatic carbocycles. The fraction of sp³-hybridized carbons (Fsp3) is 0.0500. The van der Waals surface area contributed by atoms with Crippen molar-refractivity contribution in [3.8, 4) is 17.2 Å². The lowest BCUT2D eigenvalue weighted by Crippen LogP contribution is -1.94. The molecule has 0 saturated heterocycles. The first-order valence-electron chi connectivity index (χ1n) is 7.51. The van der Waals surface area contributed by atoms with Crippen LogP contribution in [0.25, 0.3) is 22.6 Å². The normalized spacial score (nSPS) is 10.8. The van der Waals surface area contributed by atoms with Crippen molar-refractivity contribution in [2.24, 2.45) is 0 Å². The molecule has 1 aromatic heterocycles. The molecule has 4 aromatic rings. The van der Waals surface area contributed by atoms with Crippen LogP contribution in [0.4, 0.5) is 0 Å². The second-order valence-corrected chi connectivity index (χ2v) is 5.29. The topological polar surface area (TPSA) is 35.3 Å². The first kappa shape index (κ1) is 13.6. The Labute approximate surface area is 134 Å². The van der Waals surface area contributed by atoms with Gasteiger partial charge in [-0.1, -0.05) is 42.5 Å². The number of nitrogens with zero attached hydrogens (tertiary/aromatic N) is 1. The maximum absolute atomic E-state index is 5.79. The fourth-order valence-corrected chi connectivity index (χ4v) is 2.43. The molecule has 3 nitrogen and oxygen atoms in total. The number of ether oxygens (including phenoxy) is 1. The van der Waals surface area contributed by atoms with E-state index < -0.39 is 0 Å². The summed E-state index contributed by atoms with van der Waals surface area (Å²) in [6.45, 7) is 0.559. The molecule has 0 bridgehead atoms. The van der Waals surface area contributed by atoms with E-state index in [9.17, 15) is 0 Å². The first-order valence-corrected chi connectivity index (χ1v) is 7.51. The molecule has 0 saturated carbocycles. The fourth-order valence-electron chi connectivity index (χ4n) is 2.43. The third kappa shape index (κ3) is 2.94. The van der Waals surface area contributed by atoms with E-state index in [2.05, 4.69) is 4.98 Å². The molecule has 0 radical (unpaired) electrons. The highest BCUT2D eigenvalue weighted by Crippen LogP contribution is 2.25. The van der Waals surface area contributed by atoms with Crippen LogP contribution in [0.1, 0.15) is 5.56 Å². The zero-order valence-corrected chi connectivity index (χ0v) is 12.5. The summed E-state index contributed by atoms with van der Waals surface area (Å²) >= 11 is 0. The summed E-state index contributed by atoms with van der Waals surface area (Å²) in [4.78, 5) is 4.50. The Hall–Kier alpha value is -3.07. The molecule has 0 N–H and O–H groups in total. The number of hydrogen-bond donors (Lipinski definition) is 0. The quantitative estimate of drug-likeness (QED) is 0.527. The number of benzene rings is 3. The third-order valence-electron chi connectivity index (χ3n) is 3.64. The minimum atomic E-state index is 0.559. The number of aromatic nitrogens is 1. The van der Waals surface area contributed by atoms with Gasteiger partial charge in [0.1, 0.15) is 17.9 Å². The summed E-state index contributed by atoms with van der Waals surface area (Å²) in [6, 6.07) is 25.7. The lowest BCUT2D eigenvalue weighted by Gasteiger charge is -2.06. The van der Waals surface area contributed by atoms with E-state index in [-0.39, 0.29) is 0 Å². The van der Waals surface area contributed by atoms with Crippen molar-refractivity contribution in [2.45, 2.75) is 6.61 Å². The van der Waals surface area contributed by atoms with E-state index in [1.165, 1.54) is 0 Å². The molecule has 0 aliphatic heterocycles. The van der Waals surface area contributed by atoms with Crippen LogP contribution in [0.5, 0.6) is 5.75 Å². The van der Waals surface area contributed by atoms with Crippen molar-refractivity contribution in [3.05, 3.63) is 84.4 Å². The molecule has 1 heterocycles. The van der Waals surface area contributed by atoms with Gasteiger partial charge in [0, 0.05) is 5.56 Å². The predicted molar refractivity (Wildman–Crippen MR) is 90.2 cm³/mol. The Morgan fingerprint density at radius 1 is 0.783 bits per heavy atom. The average Bonchev–Trinajstić information content (AvgIpc) is 3.05. The molecule has 0 fully saturated rings. The van der Waals surface area contributed by atoms with Crippen LogP contribution >= 0.6 is 0 Å². The number of para-hydroxylation sites is 2. The maximum Gasteiger partial charge on any atom is 0.227 e. The average molecular weight is 301 g/mol. The van der Waals surface area contributed by atoms with Gasteiger partial charge in [-0.05, 0) is 42.0 Å². The Bertz CT molecular complexity index is 878. The highest BCUT2D eigenvalue weighted by atomic mass is 16.5. The number of fused-ring (bicyclic) bond motifs is 1. The molecule has 0 aliphatic carbocycles. The van der Waals surface area contributed by atoms with Crippen LogP contribution in [0.2, 0.25) is 0 Å². The van der Waals surface area contributed by atoms with Gasteiger partial charge in [-0.2, -0.15) is 0 Å². The molecular formula is C20H15NO2. The molecule has 0 spiro atoms. The standard InChI is InChI=1S/C20H15NO2/c1-2-6-15(7-3-1)14-22-17-12-10-16(11-13-17)20-21-18-8-4-5-9-19(18)23-20/h1-13H,14H2. The van der Waals surface area contributed by atoms with E-state index in [1.54, 1.807) is 0 Å².